The summed E-state index contributed by atoms with van der Waals surface area (Å²) in [5.74, 6) is 0. The van der Waals surface area contributed by atoms with E-state index in [1.165, 1.54) is 86.5 Å². The fraction of sp³-hybridized carbons (Fsp3) is 0. The van der Waals surface area contributed by atoms with Crippen molar-refractivity contribution >= 4 is 70.4 Å². The molecule has 2 nitrogen and oxygen atoms in total. The third-order valence-electron chi connectivity index (χ3n) is 13.6. The highest BCUT2D eigenvalue weighted by Crippen LogP contribution is 2.47. The topological polar surface area (TPSA) is 8.17 Å². The summed E-state index contributed by atoms with van der Waals surface area (Å²) in [5.41, 5.74) is 18.7. The number of anilines is 3. The Kier molecular flexibility index (Phi) is 10.1. The summed E-state index contributed by atoms with van der Waals surface area (Å²) in [6.45, 7) is 0. The minimum Gasteiger partial charge on any atom is -0.310 e. The summed E-state index contributed by atoms with van der Waals surface area (Å²) in [6, 6.07) is 97.4. The fourth-order valence-corrected chi connectivity index (χ4v) is 11.6. The van der Waals surface area contributed by atoms with Gasteiger partial charge in [-0.15, -0.1) is 11.3 Å². The van der Waals surface area contributed by atoms with Crippen LogP contribution in [0, 0.1) is 0 Å². The molecule has 13 rings (SSSR count). The molecular formula is C66H44N2S. The van der Waals surface area contributed by atoms with Crippen molar-refractivity contribution in [2.45, 2.75) is 0 Å². The summed E-state index contributed by atoms with van der Waals surface area (Å²) in [5, 5.41) is 5.09. The number of para-hydroxylation sites is 3. The first-order valence-electron chi connectivity index (χ1n) is 23.6. The fourth-order valence-electron chi connectivity index (χ4n) is 10.5. The van der Waals surface area contributed by atoms with Gasteiger partial charge in [-0.2, -0.15) is 0 Å². The van der Waals surface area contributed by atoms with E-state index in [4.69, 9.17) is 0 Å². The maximum atomic E-state index is 2.45. The smallest absolute Gasteiger partial charge is 0.0541 e. The largest absolute Gasteiger partial charge is 0.310 e. The van der Waals surface area contributed by atoms with Gasteiger partial charge >= 0.3 is 0 Å². The zero-order valence-corrected chi connectivity index (χ0v) is 38.5. The highest BCUT2D eigenvalue weighted by atomic mass is 32.1. The lowest BCUT2D eigenvalue weighted by atomic mass is 9.88. The van der Waals surface area contributed by atoms with Gasteiger partial charge in [0.15, 0.2) is 0 Å². The van der Waals surface area contributed by atoms with Crippen molar-refractivity contribution in [2.75, 3.05) is 4.90 Å². The normalized spacial score (nSPS) is 11.5. The summed E-state index contributed by atoms with van der Waals surface area (Å²) < 4.78 is 5.00. The van der Waals surface area contributed by atoms with Crippen molar-refractivity contribution in [1.82, 2.24) is 4.57 Å². The molecular weight excluding hydrogens is 853 g/mol. The predicted octanol–water partition coefficient (Wildman–Crippen LogP) is 19.0. The summed E-state index contributed by atoms with van der Waals surface area (Å²) in [7, 11) is 0. The molecule has 13 aromatic rings. The van der Waals surface area contributed by atoms with E-state index in [1.807, 2.05) is 11.3 Å². The quantitative estimate of drug-likeness (QED) is 0.140. The van der Waals surface area contributed by atoms with Crippen molar-refractivity contribution in [3.8, 4) is 61.3 Å². The van der Waals surface area contributed by atoms with Crippen LogP contribution in [0.4, 0.5) is 17.1 Å². The Hall–Kier alpha value is -8.76. The number of hydrogen-bond donors (Lipinski definition) is 0. The summed E-state index contributed by atoms with van der Waals surface area (Å²) in [4.78, 5) is 2.45. The molecule has 11 aromatic carbocycles. The average Bonchev–Trinajstić information content (AvgIpc) is 3.98. The molecule has 0 spiro atoms. The Morgan fingerprint density at radius 3 is 1.61 bits per heavy atom. The lowest BCUT2D eigenvalue weighted by Gasteiger charge is -2.29. The van der Waals surface area contributed by atoms with Crippen LogP contribution in [-0.4, -0.2) is 4.57 Å². The number of nitrogens with zero attached hydrogens (tertiary/aromatic N) is 2. The van der Waals surface area contributed by atoms with Gasteiger partial charge < -0.3 is 9.47 Å². The molecule has 324 valence electrons. The Morgan fingerprint density at radius 2 is 0.812 bits per heavy atom. The molecule has 0 aliphatic carbocycles. The van der Waals surface area contributed by atoms with Gasteiger partial charge in [0.1, 0.15) is 0 Å². The number of fused-ring (bicyclic) bond motifs is 6. The van der Waals surface area contributed by atoms with Crippen molar-refractivity contribution in [2.24, 2.45) is 0 Å². The average molecular weight is 897 g/mol. The van der Waals surface area contributed by atoms with Gasteiger partial charge in [0, 0.05) is 53.6 Å². The number of benzene rings is 11. The van der Waals surface area contributed by atoms with Gasteiger partial charge in [-0.05, 0) is 123 Å². The van der Waals surface area contributed by atoms with Crippen LogP contribution in [0.5, 0.6) is 0 Å². The summed E-state index contributed by atoms with van der Waals surface area (Å²) in [6.07, 6.45) is 0. The first-order chi connectivity index (χ1) is 34.2. The molecule has 0 unspecified atom stereocenters. The van der Waals surface area contributed by atoms with Crippen molar-refractivity contribution in [3.63, 3.8) is 0 Å². The van der Waals surface area contributed by atoms with Crippen LogP contribution < -0.4 is 4.90 Å². The molecule has 0 aliphatic rings. The second kappa shape index (κ2) is 17.2. The van der Waals surface area contributed by atoms with Crippen molar-refractivity contribution < 1.29 is 0 Å². The van der Waals surface area contributed by atoms with Crippen LogP contribution in [0.25, 0.3) is 103 Å². The molecule has 0 amide bonds. The second-order valence-corrected chi connectivity index (χ2v) is 18.7. The number of thiophene rings is 1. The Balaban J connectivity index is 0.984. The van der Waals surface area contributed by atoms with Crippen LogP contribution in [0.3, 0.4) is 0 Å². The number of rotatable bonds is 9. The van der Waals surface area contributed by atoms with E-state index in [-0.39, 0.29) is 0 Å². The van der Waals surface area contributed by atoms with Gasteiger partial charge in [-0.25, -0.2) is 0 Å². The summed E-state index contributed by atoms with van der Waals surface area (Å²) >= 11 is 1.86. The van der Waals surface area contributed by atoms with Crippen LogP contribution >= 0.6 is 11.3 Å². The Labute approximate surface area is 405 Å². The predicted molar refractivity (Wildman–Crippen MR) is 296 cm³/mol. The molecule has 0 aliphatic heterocycles. The molecule has 0 saturated heterocycles. The van der Waals surface area contributed by atoms with Crippen molar-refractivity contribution in [3.05, 3.63) is 267 Å². The molecule has 0 radical (unpaired) electrons. The molecule has 3 heteroatoms. The van der Waals surface area contributed by atoms with E-state index < -0.39 is 0 Å². The van der Waals surface area contributed by atoms with Crippen LogP contribution in [0.2, 0.25) is 0 Å². The molecule has 0 atom stereocenters. The van der Waals surface area contributed by atoms with Gasteiger partial charge in [0.25, 0.3) is 0 Å². The van der Waals surface area contributed by atoms with E-state index in [2.05, 4.69) is 276 Å². The third-order valence-corrected chi connectivity index (χ3v) is 14.8. The SMILES string of the molecule is c1ccc(-c2ccccc2-c2ccccc2-c2ccccc2N(c2ccc(-c3cccc4sc5ccccc5c34)cc2)c2cccc(-c3ccc4c(c3)c3ccccc3n4-c3ccccc3)c2)cc1. The van der Waals surface area contributed by atoms with Crippen LogP contribution in [-0.2, 0) is 0 Å². The molecule has 2 heterocycles. The molecule has 0 fully saturated rings. The zero-order chi connectivity index (χ0) is 45.7. The standard InChI is InChI=1S/C66H44N2S/c1-3-19-45(20-4-1)52-25-7-8-26-54(52)55-27-9-10-28-56(55)57-29-11-14-33-61(57)67(50-40-37-46(38-41-50)53-32-18-36-65-66(53)59-31-13-16-35-64(59)69-65)51-24-17-21-47(43-51)48-39-42-63-60(44-48)58-30-12-15-34-62(58)68(63)49-22-5-2-6-23-49/h1-44H. The maximum absolute atomic E-state index is 2.45. The van der Waals surface area contributed by atoms with Gasteiger partial charge in [0.05, 0.1) is 16.7 Å². The minimum absolute atomic E-state index is 1.08. The first kappa shape index (κ1) is 40.5. The lowest BCUT2D eigenvalue weighted by molar-refractivity contribution is 1.18. The molecule has 2 aromatic heterocycles. The van der Waals surface area contributed by atoms with E-state index in [1.54, 1.807) is 0 Å². The van der Waals surface area contributed by atoms with Gasteiger partial charge in [-0.3, -0.25) is 0 Å². The lowest BCUT2D eigenvalue weighted by Crippen LogP contribution is -2.11. The zero-order valence-electron chi connectivity index (χ0n) is 37.7. The van der Waals surface area contributed by atoms with Gasteiger partial charge in [0.2, 0.25) is 0 Å². The van der Waals surface area contributed by atoms with Crippen LogP contribution in [0.1, 0.15) is 0 Å². The molecule has 0 bridgehead atoms. The van der Waals surface area contributed by atoms with E-state index >= 15 is 0 Å². The highest BCUT2D eigenvalue weighted by Gasteiger charge is 2.22. The van der Waals surface area contributed by atoms with E-state index in [0.29, 0.717) is 0 Å². The van der Waals surface area contributed by atoms with Crippen LogP contribution in [0.15, 0.2) is 267 Å². The second-order valence-electron chi connectivity index (χ2n) is 17.6. The maximum Gasteiger partial charge on any atom is 0.0541 e. The number of hydrogen-bond acceptors (Lipinski definition) is 2. The minimum atomic E-state index is 1.08. The Bertz CT molecular complexity index is 4010. The molecule has 0 saturated carbocycles. The number of aromatic nitrogens is 1. The van der Waals surface area contributed by atoms with E-state index in [9.17, 15) is 0 Å². The van der Waals surface area contributed by atoms with Gasteiger partial charge in [-0.1, -0.05) is 194 Å². The monoisotopic (exact) mass is 896 g/mol. The third kappa shape index (κ3) is 7.11. The van der Waals surface area contributed by atoms with Crippen molar-refractivity contribution in [1.29, 1.82) is 0 Å². The highest BCUT2D eigenvalue weighted by molar-refractivity contribution is 7.25. The van der Waals surface area contributed by atoms with E-state index in [0.717, 1.165) is 33.9 Å². The first-order valence-corrected chi connectivity index (χ1v) is 24.4. The molecule has 69 heavy (non-hydrogen) atoms. The Morgan fingerprint density at radius 1 is 0.290 bits per heavy atom. The molecule has 0 N–H and O–H groups in total.